The second kappa shape index (κ2) is 9.68. The van der Waals surface area contributed by atoms with E-state index in [2.05, 4.69) is 11.0 Å². The van der Waals surface area contributed by atoms with Crippen LogP contribution >= 0.6 is 11.8 Å². The number of benzene rings is 2. The van der Waals surface area contributed by atoms with Gasteiger partial charge in [-0.25, -0.2) is 4.39 Å². The summed E-state index contributed by atoms with van der Waals surface area (Å²) in [6.45, 7) is 5.02. The number of thioether (sulfide) groups is 1. The fraction of sp³-hybridized carbons (Fsp3) is 0.318. The van der Waals surface area contributed by atoms with Crippen molar-refractivity contribution in [2.75, 3.05) is 31.9 Å². The van der Waals surface area contributed by atoms with Gasteiger partial charge in [0.15, 0.2) is 5.78 Å². The first kappa shape index (κ1) is 21.0. The molecule has 5 nitrogen and oxygen atoms in total. The lowest BCUT2D eigenvalue weighted by Gasteiger charge is -2.34. The van der Waals surface area contributed by atoms with Gasteiger partial charge in [0.2, 0.25) is 5.91 Å². The van der Waals surface area contributed by atoms with Gasteiger partial charge >= 0.3 is 0 Å². The molecule has 1 aliphatic heterocycles. The van der Waals surface area contributed by atoms with Gasteiger partial charge in [0.05, 0.1) is 17.4 Å². The van der Waals surface area contributed by atoms with Gasteiger partial charge in [-0.2, -0.15) is 5.26 Å². The lowest BCUT2D eigenvalue weighted by atomic mass is 10.1. The zero-order valence-corrected chi connectivity index (χ0v) is 17.0. The zero-order valence-electron chi connectivity index (χ0n) is 16.2. The highest BCUT2D eigenvalue weighted by molar-refractivity contribution is 8.00. The first-order valence-electron chi connectivity index (χ1n) is 9.38. The average molecular weight is 412 g/mol. The van der Waals surface area contributed by atoms with Crippen molar-refractivity contribution < 1.29 is 14.0 Å². The summed E-state index contributed by atoms with van der Waals surface area (Å²) < 4.78 is 14.1. The van der Waals surface area contributed by atoms with Gasteiger partial charge in [-0.05, 0) is 36.8 Å². The number of nitriles is 1. The van der Waals surface area contributed by atoms with Crippen molar-refractivity contribution in [1.82, 2.24) is 9.80 Å². The summed E-state index contributed by atoms with van der Waals surface area (Å²) in [5.41, 5.74) is 2.12. The Morgan fingerprint density at radius 2 is 1.79 bits per heavy atom. The molecule has 3 rings (SSSR count). The Labute approximate surface area is 174 Å². The van der Waals surface area contributed by atoms with Crippen LogP contribution in [0.1, 0.15) is 28.4 Å². The highest BCUT2D eigenvalue weighted by atomic mass is 32.2. The van der Waals surface area contributed by atoms with E-state index in [-0.39, 0.29) is 17.4 Å². The van der Waals surface area contributed by atoms with Gasteiger partial charge in [0, 0.05) is 43.2 Å². The number of nitrogens with zero attached hydrogens (tertiary/aromatic N) is 3. The molecule has 7 heteroatoms. The summed E-state index contributed by atoms with van der Waals surface area (Å²) in [6, 6.07) is 14.0. The number of halogens is 1. The number of carbonyl (C=O) groups is 2. The maximum atomic E-state index is 14.1. The third kappa shape index (κ3) is 5.66. The van der Waals surface area contributed by atoms with E-state index in [9.17, 15) is 14.0 Å². The molecule has 1 heterocycles. The first-order valence-corrected chi connectivity index (χ1v) is 10.4. The lowest BCUT2D eigenvalue weighted by molar-refractivity contribution is -0.130. The number of piperazine rings is 1. The van der Waals surface area contributed by atoms with Crippen LogP contribution in [-0.4, -0.2) is 53.4 Å². The minimum Gasteiger partial charge on any atom is -0.339 e. The summed E-state index contributed by atoms with van der Waals surface area (Å²) in [7, 11) is 0. The molecule has 2 aromatic rings. The second-order valence-corrected chi connectivity index (χ2v) is 7.97. The van der Waals surface area contributed by atoms with Crippen LogP contribution in [0.4, 0.5) is 4.39 Å². The van der Waals surface area contributed by atoms with E-state index in [1.807, 2.05) is 29.2 Å². The van der Waals surface area contributed by atoms with Crippen molar-refractivity contribution in [2.45, 2.75) is 18.4 Å². The van der Waals surface area contributed by atoms with Crippen molar-refractivity contribution in [2.24, 2.45) is 0 Å². The standard InChI is InChI=1S/C22H22FN3O2S/c1-16(27)19-6-7-21(20(23)12-19)29-15-22(28)26-10-8-25(9-11-26)14-18-4-2-17(13-24)3-5-18/h2-7,12H,8-11,14-15H2,1H3. The molecule has 150 valence electrons. The molecule has 0 radical (unpaired) electrons. The molecule has 29 heavy (non-hydrogen) atoms. The van der Waals surface area contributed by atoms with Gasteiger partial charge in [-0.1, -0.05) is 18.2 Å². The van der Waals surface area contributed by atoms with Crippen molar-refractivity contribution in [3.05, 3.63) is 65.0 Å². The predicted octanol–water partition coefficient (Wildman–Crippen LogP) is 3.34. The summed E-state index contributed by atoms with van der Waals surface area (Å²) >= 11 is 1.16. The van der Waals surface area contributed by atoms with E-state index >= 15 is 0 Å². The number of hydrogen-bond donors (Lipinski definition) is 0. The van der Waals surface area contributed by atoms with Crippen LogP contribution < -0.4 is 0 Å². The van der Waals surface area contributed by atoms with Gasteiger partial charge in [0.1, 0.15) is 5.82 Å². The van der Waals surface area contributed by atoms with Crippen LogP contribution in [-0.2, 0) is 11.3 Å². The van der Waals surface area contributed by atoms with E-state index < -0.39 is 5.82 Å². The molecule has 1 amide bonds. The van der Waals surface area contributed by atoms with Gasteiger partial charge < -0.3 is 4.90 Å². The number of hydrogen-bond acceptors (Lipinski definition) is 5. The quantitative estimate of drug-likeness (QED) is 0.539. The molecule has 0 spiro atoms. The topological polar surface area (TPSA) is 64.4 Å². The normalized spacial score (nSPS) is 14.4. The Bertz CT molecular complexity index is 932. The second-order valence-electron chi connectivity index (χ2n) is 6.96. The fourth-order valence-corrected chi connectivity index (χ4v) is 3.99. The molecular formula is C22H22FN3O2S. The molecular weight excluding hydrogens is 389 g/mol. The third-order valence-electron chi connectivity index (χ3n) is 4.90. The number of Topliss-reactive ketones (excluding diaryl/α,β-unsaturated/α-hetero) is 1. The van der Waals surface area contributed by atoms with Crippen LogP contribution in [0.15, 0.2) is 47.4 Å². The lowest BCUT2D eigenvalue weighted by Crippen LogP contribution is -2.48. The Morgan fingerprint density at radius 3 is 2.38 bits per heavy atom. The van der Waals surface area contributed by atoms with Crippen molar-refractivity contribution in [1.29, 1.82) is 5.26 Å². The van der Waals surface area contributed by atoms with Crippen molar-refractivity contribution in [3.63, 3.8) is 0 Å². The van der Waals surface area contributed by atoms with E-state index in [0.29, 0.717) is 29.1 Å². The molecule has 1 aliphatic rings. The maximum Gasteiger partial charge on any atom is 0.233 e. The third-order valence-corrected chi connectivity index (χ3v) is 5.94. The van der Waals surface area contributed by atoms with E-state index in [1.54, 1.807) is 12.1 Å². The SMILES string of the molecule is CC(=O)c1ccc(SCC(=O)N2CCN(Cc3ccc(C#N)cc3)CC2)c(F)c1. The van der Waals surface area contributed by atoms with Crippen LogP contribution in [0.25, 0.3) is 0 Å². The molecule has 1 saturated heterocycles. The predicted molar refractivity (Wildman–Crippen MR) is 110 cm³/mol. The molecule has 0 atom stereocenters. The summed E-state index contributed by atoms with van der Waals surface area (Å²) in [6.07, 6.45) is 0. The molecule has 0 aromatic heterocycles. The van der Waals surface area contributed by atoms with Gasteiger partial charge in [-0.3, -0.25) is 14.5 Å². The van der Waals surface area contributed by atoms with E-state index in [1.165, 1.54) is 13.0 Å². The zero-order chi connectivity index (χ0) is 20.8. The number of amides is 1. The molecule has 0 aliphatic carbocycles. The van der Waals surface area contributed by atoms with Crippen LogP contribution in [0.5, 0.6) is 0 Å². The molecule has 0 unspecified atom stereocenters. The Morgan fingerprint density at radius 1 is 1.10 bits per heavy atom. The van der Waals surface area contributed by atoms with Crippen LogP contribution in [0.3, 0.4) is 0 Å². The molecule has 0 bridgehead atoms. The largest absolute Gasteiger partial charge is 0.339 e. The maximum absolute atomic E-state index is 14.1. The Hall–Kier alpha value is -2.69. The molecule has 2 aromatic carbocycles. The van der Waals surface area contributed by atoms with Gasteiger partial charge in [-0.15, -0.1) is 11.8 Å². The smallest absolute Gasteiger partial charge is 0.233 e. The average Bonchev–Trinajstić information content (AvgIpc) is 2.73. The van der Waals surface area contributed by atoms with Crippen molar-refractivity contribution >= 4 is 23.5 Å². The first-order chi connectivity index (χ1) is 14.0. The Balaban J connectivity index is 1.46. The summed E-state index contributed by atoms with van der Waals surface area (Å²) in [5.74, 6) is -0.493. The fourth-order valence-electron chi connectivity index (χ4n) is 3.17. The molecule has 0 saturated carbocycles. The highest BCUT2D eigenvalue weighted by Gasteiger charge is 2.21. The van der Waals surface area contributed by atoms with E-state index in [0.717, 1.165) is 37.0 Å². The van der Waals surface area contributed by atoms with Crippen molar-refractivity contribution in [3.8, 4) is 6.07 Å². The minimum atomic E-state index is -0.470. The number of rotatable bonds is 6. The Kier molecular flexibility index (Phi) is 7.02. The van der Waals surface area contributed by atoms with Gasteiger partial charge in [0.25, 0.3) is 0 Å². The highest BCUT2D eigenvalue weighted by Crippen LogP contribution is 2.23. The molecule has 1 fully saturated rings. The number of carbonyl (C=O) groups excluding carboxylic acids is 2. The van der Waals surface area contributed by atoms with Crippen LogP contribution in [0.2, 0.25) is 0 Å². The minimum absolute atomic E-state index is 0.0110. The van der Waals surface area contributed by atoms with E-state index in [4.69, 9.17) is 5.26 Å². The van der Waals surface area contributed by atoms with Crippen LogP contribution in [0, 0.1) is 17.1 Å². The number of ketones is 1. The molecule has 0 N–H and O–H groups in total. The summed E-state index contributed by atoms with van der Waals surface area (Å²) in [5, 5.41) is 8.86. The summed E-state index contributed by atoms with van der Waals surface area (Å²) in [4.78, 5) is 28.2. The monoisotopic (exact) mass is 411 g/mol.